The molecular weight excluding hydrogens is 424 g/mol. The Kier molecular flexibility index (Phi) is 8.89. The number of rotatable bonds is 8. The summed E-state index contributed by atoms with van der Waals surface area (Å²) < 4.78 is 26.7. The average Bonchev–Trinajstić information content (AvgIpc) is 2.69. The van der Waals surface area contributed by atoms with E-state index in [1.807, 2.05) is 0 Å². The Morgan fingerprint density at radius 2 is 1.28 bits per heavy atom. The maximum atomic E-state index is 13.1. The quantitative estimate of drug-likeness (QED) is 0.416. The number of hydrogen-bond acceptors (Lipinski definition) is 10. The summed E-state index contributed by atoms with van der Waals surface area (Å²) in [5.41, 5.74) is 0.686. The average molecular weight is 450 g/mol. The molecule has 0 amide bonds. The molecule has 10 heteroatoms. The second kappa shape index (κ2) is 11.4. The lowest BCUT2D eigenvalue weighted by atomic mass is 9.90. The lowest BCUT2D eigenvalue weighted by Gasteiger charge is -2.43. The molecule has 174 valence electrons. The van der Waals surface area contributed by atoms with Crippen LogP contribution in [0.25, 0.3) is 0 Å². The minimum atomic E-state index is -1.38. The van der Waals surface area contributed by atoms with Crippen molar-refractivity contribution in [3.63, 3.8) is 0 Å². The molecule has 1 heterocycles. The fraction of sp³-hybridized carbons (Fsp3) is 0.500. The van der Waals surface area contributed by atoms with Gasteiger partial charge in [-0.2, -0.15) is 0 Å². The molecular formula is C22H26O10. The first-order valence-corrected chi connectivity index (χ1v) is 9.95. The van der Waals surface area contributed by atoms with E-state index in [2.05, 4.69) is 0 Å². The van der Waals surface area contributed by atoms with Crippen LogP contribution >= 0.6 is 0 Å². The molecule has 5 atom stereocenters. The van der Waals surface area contributed by atoms with Crippen LogP contribution in [-0.4, -0.2) is 66.8 Å². The summed E-state index contributed by atoms with van der Waals surface area (Å²) in [4.78, 5) is 59.8. The third-order valence-electron chi connectivity index (χ3n) is 4.53. The molecule has 0 N–H and O–H groups in total. The molecule has 1 aliphatic rings. The van der Waals surface area contributed by atoms with E-state index in [1.165, 1.54) is 6.92 Å². The molecule has 2 rings (SSSR count). The maximum Gasteiger partial charge on any atom is 0.303 e. The first-order valence-electron chi connectivity index (χ1n) is 9.95. The molecule has 1 aliphatic heterocycles. The number of benzene rings is 1. The summed E-state index contributed by atoms with van der Waals surface area (Å²) in [7, 11) is 0. The van der Waals surface area contributed by atoms with Crippen molar-refractivity contribution in [2.24, 2.45) is 0 Å². The van der Waals surface area contributed by atoms with Crippen LogP contribution in [0, 0.1) is 0 Å². The molecule has 0 spiro atoms. The van der Waals surface area contributed by atoms with E-state index in [-0.39, 0.29) is 13.0 Å². The van der Waals surface area contributed by atoms with Crippen molar-refractivity contribution in [3.05, 3.63) is 35.9 Å². The normalized spacial score (nSPS) is 24.7. The monoisotopic (exact) mass is 450 g/mol. The van der Waals surface area contributed by atoms with E-state index in [9.17, 15) is 24.0 Å². The Hall–Kier alpha value is -3.27. The summed E-state index contributed by atoms with van der Waals surface area (Å²) in [6, 6.07) is 8.79. The van der Waals surface area contributed by atoms with Crippen molar-refractivity contribution >= 4 is 29.7 Å². The van der Waals surface area contributed by atoms with E-state index < -0.39 is 60.2 Å². The molecule has 0 aromatic heterocycles. The predicted molar refractivity (Wildman–Crippen MR) is 107 cm³/mol. The van der Waals surface area contributed by atoms with Crippen LogP contribution in [0.4, 0.5) is 0 Å². The second-order valence-corrected chi connectivity index (χ2v) is 7.25. The van der Waals surface area contributed by atoms with Gasteiger partial charge in [0, 0.05) is 34.1 Å². The number of carbonyl (C=O) groups is 5. The van der Waals surface area contributed by atoms with Gasteiger partial charge < -0.3 is 23.7 Å². The van der Waals surface area contributed by atoms with Crippen molar-refractivity contribution < 1.29 is 47.7 Å². The van der Waals surface area contributed by atoms with Gasteiger partial charge in [-0.25, -0.2) is 0 Å². The number of carbonyl (C=O) groups excluding carboxylic acids is 5. The Morgan fingerprint density at radius 3 is 1.81 bits per heavy atom. The van der Waals surface area contributed by atoms with Crippen LogP contribution in [0.5, 0.6) is 0 Å². The topological polar surface area (TPSA) is 132 Å². The van der Waals surface area contributed by atoms with E-state index in [0.717, 1.165) is 20.8 Å². The van der Waals surface area contributed by atoms with Crippen molar-refractivity contribution in [1.29, 1.82) is 0 Å². The highest BCUT2D eigenvalue weighted by Gasteiger charge is 2.54. The lowest BCUT2D eigenvalue weighted by molar-refractivity contribution is -0.248. The Labute approximate surface area is 185 Å². The molecule has 10 nitrogen and oxygen atoms in total. The number of ketones is 1. The molecule has 0 aliphatic carbocycles. The summed E-state index contributed by atoms with van der Waals surface area (Å²) >= 11 is 0. The van der Waals surface area contributed by atoms with Crippen LogP contribution in [0.2, 0.25) is 0 Å². The van der Waals surface area contributed by atoms with E-state index in [4.69, 9.17) is 23.7 Å². The Morgan fingerprint density at radius 1 is 0.750 bits per heavy atom. The third-order valence-corrected chi connectivity index (χ3v) is 4.53. The highest BCUT2D eigenvalue weighted by atomic mass is 16.7. The summed E-state index contributed by atoms with van der Waals surface area (Å²) in [6.45, 7) is 4.16. The first-order chi connectivity index (χ1) is 15.1. The smallest absolute Gasteiger partial charge is 0.303 e. The van der Waals surface area contributed by atoms with Gasteiger partial charge in [-0.05, 0) is 5.56 Å². The fourth-order valence-corrected chi connectivity index (χ4v) is 3.39. The van der Waals surface area contributed by atoms with Gasteiger partial charge in [-0.15, -0.1) is 0 Å². The van der Waals surface area contributed by atoms with Crippen LogP contribution < -0.4 is 0 Å². The molecule has 32 heavy (non-hydrogen) atoms. The van der Waals surface area contributed by atoms with E-state index in [0.29, 0.717) is 5.56 Å². The van der Waals surface area contributed by atoms with Gasteiger partial charge in [-0.1, -0.05) is 30.3 Å². The SMILES string of the molecule is CC(=O)OC[C@H]1O[C@@H](C(=O)Cc2ccccc2)[C@H](OC(C)=O)[C@@H](OC(C)=O)[C@@H]1OC(C)=O. The minimum absolute atomic E-state index is 0.0609. The first kappa shape index (κ1) is 25.0. The minimum Gasteiger partial charge on any atom is -0.463 e. The zero-order chi connectivity index (χ0) is 23.8. The van der Waals surface area contributed by atoms with Crippen LogP contribution in [0.15, 0.2) is 30.3 Å². The van der Waals surface area contributed by atoms with E-state index in [1.54, 1.807) is 30.3 Å². The molecule has 0 saturated carbocycles. The summed E-state index contributed by atoms with van der Waals surface area (Å²) in [5, 5.41) is 0. The maximum absolute atomic E-state index is 13.1. The molecule has 0 unspecified atom stereocenters. The Bertz CT molecular complexity index is 850. The molecule has 1 aromatic carbocycles. The predicted octanol–water partition coefficient (Wildman–Crippen LogP) is 0.924. The van der Waals surface area contributed by atoms with Crippen LogP contribution in [0.3, 0.4) is 0 Å². The van der Waals surface area contributed by atoms with Gasteiger partial charge in [0.15, 0.2) is 30.2 Å². The molecule has 0 radical (unpaired) electrons. The van der Waals surface area contributed by atoms with Gasteiger partial charge in [0.1, 0.15) is 12.7 Å². The zero-order valence-corrected chi connectivity index (χ0v) is 18.3. The lowest BCUT2D eigenvalue weighted by Crippen LogP contribution is -2.64. The van der Waals surface area contributed by atoms with Crippen molar-refractivity contribution in [1.82, 2.24) is 0 Å². The fourth-order valence-electron chi connectivity index (χ4n) is 3.39. The second-order valence-electron chi connectivity index (χ2n) is 7.25. The highest BCUT2D eigenvalue weighted by Crippen LogP contribution is 2.30. The highest BCUT2D eigenvalue weighted by molar-refractivity contribution is 5.86. The van der Waals surface area contributed by atoms with Gasteiger partial charge in [0.25, 0.3) is 0 Å². The van der Waals surface area contributed by atoms with Crippen LogP contribution in [0.1, 0.15) is 33.3 Å². The van der Waals surface area contributed by atoms with Crippen LogP contribution in [-0.2, 0) is 54.1 Å². The van der Waals surface area contributed by atoms with Crippen molar-refractivity contribution in [2.75, 3.05) is 6.61 Å². The number of esters is 4. The van der Waals surface area contributed by atoms with Gasteiger partial charge >= 0.3 is 23.9 Å². The number of ether oxygens (including phenoxy) is 5. The third kappa shape index (κ3) is 7.16. The van der Waals surface area contributed by atoms with Gasteiger partial charge in [0.2, 0.25) is 0 Å². The van der Waals surface area contributed by atoms with E-state index >= 15 is 0 Å². The molecule has 1 fully saturated rings. The molecule has 0 bridgehead atoms. The van der Waals surface area contributed by atoms with Gasteiger partial charge in [0.05, 0.1) is 0 Å². The zero-order valence-electron chi connectivity index (χ0n) is 18.3. The summed E-state index contributed by atoms with van der Waals surface area (Å²) in [5.74, 6) is -3.35. The largest absolute Gasteiger partial charge is 0.463 e. The van der Waals surface area contributed by atoms with Gasteiger partial charge in [-0.3, -0.25) is 24.0 Å². The van der Waals surface area contributed by atoms with Crippen molar-refractivity contribution in [2.45, 2.75) is 64.6 Å². The number of hydrogen-bond donors (Lipinski definition) is 0. The molecule has 1 saturated heterocycles. The standard InChI is InChI=1S/C22H26O10/c1-12(23)28-11-18-20(29-13(2)24)22(31-15(4)26)21(30-14(3)25)19(32-18)17(27)10-16-8-6-5-7-9-16/h5-9,18-22H,10-11H2,1-4H3/t18-,19+,20-,21+,22+/m1/s1. The van der Waals surface area contributed by atoms with Crippen molar-refractivity contribution in [3.8, 4) is 0 Å². The summed E-state index contributed by atoms with van der Waals surface area (Å²) in [6.07, 6.45) is -6.61. The number of Topliss-reactive ketones (excluding diaryl/α,β-unsaturated/α-hetero) is 1. The molecule has 1 aromatic rings. The Balaban J connectivity index is 2.44.